The smallest absolute Gasteiger partial charge is 0.251 e. The zero-order valence-corrected chi connectivity index (χ0v) is 14.1. The quantitative estimate of drug-likeness (QED) is 0.756. The third-order valence-corrected chi connectivity index (χ3v) is 4.97. The van der Waals surface area contributed by atoms with Gasteiger partial charge in [0.25, 0.3) is 5.91 Å². The molecule has 4 rings (SSSR count). The zero-order valence-electron chi connectivity index (χ0n) is 14.1. The largest absolute Gasteiger partial charge is 0.369 e. The molecule has 0 spiro atoms. The van der Waals surface area contributed by atoms with Crippen LogP contribution in [-0.4, -0.2) is 23.0 Å². The molecule has 0 aliphatic heterocycles. The molecule has 1 aliphatic rings. The average Bonchev–Trinajstić information content (AvgIpc) is 3.28. The minimum Gasteiger partial charge on any atom is -0.369 e. The van der Waals surface area contributed by atoms with Crippen LogP contribution in [-0.2, 0) is 4.79 Å². The van der Waals surface area contributed by atoms with E-state index in [1.165, 1.54) is 0 Å². The first kappa shape index (κ1) is 16.3. The lowest BCUT2D eigenvalue weighted by Gasteiger charge is -2.18. The first-order chi connectivity index (χ1) is 12.6. The van der Waals surface area contributed by atoms with Crippen molar-refractivity contribution in [3.8, 4) is 11.3 Å². The maximum Gasteiger partial charge on any atom is 0.251 e. The maximum atomic E-state index is 12.7. The van der Waals surface area contributed by atoms with Gasteiger partial charge in [0.1, 0.15) is 5.52 Å². The van der Waals surface area contributed by atoms with Gasteiger partial charge in [-0.3, -0.25) is 9.59 Å². The monoisotopic (exact) mass is 349 g/mol. The molecule has 0 bridgehead atoms. The van der Waals surface area contributed by atoms with Gasteiger partial charge >= 0.3 is 0 Å². The van der Waals surface area contributed by atoms with E-state index in [0.717, 1.165) is 30.2 Å². The van der Waals surface area contributed by atoms with E-state index in [2.05, 4.69) is 10.5 Å². The Hall–Kier alpha value is -3.15. The summed E-state index contributed by atoms with van der Waals surface area (Å²) in [7, 11) is 0. The van der Waals surface area contributed by atoms with Crippen LogP contribution in [0.15, 0.2) is 53.1 Å². The maximum absolute atomic E-state index is 12.7. The van der Waals surface area contributed by atoms with Crippen LogP contribution < -0.4 is 11.1 Å². The van der Waals surface area contributed by atoms with Crippen LogP contribution in [0.2, 0.25) is 0 Å². The van der Waals surface area contributed by atoms with Gasteiger partial charge in [0.05, 0.1) is 11.3 Å². The number of nitrogens with zero attached hydrogens (tertiary/aromatic N) is 1. The highest BCUT2D eigenvalue weighted by Crippen LogP contribution is 2.30. The number of carbonyl (C=O) groups is 2. The van der Waals surface area contributed by atoms with Gasteiger partial charge in [0.2, 0.25) is 5.91 Å². The number of rotatable bonds is 4. The SMILES string of the molecule is NC(=O)[C@@H]1CCC[C@@H]1NC(=O)c1ccc2noc(-c3ccccc3)c2c1. The fourth-order valence-corrected chi connectivity index (χ4v) is 3.61. The van der Waals surface area contributed by atoms with Gasteiger partial charge in [-0.05, 0) is 31.0 Å². The topological polar surface area (TPSA) is 98.2 Å². The fraction of sp³-hybridized carbons (Fsp3) is 0.250. The fourth-order valence-electron chi connectivity index (χ4n) is 3.61. The van der Waals surface area contributed by atoms with Crippen LogP contribution in [0, 0.1) is 5.92 Å². The second-order valence-electron chi connectivity index (χ2n) is 6.63. The highest BCUT2D eigenvalue weighted by Gasteiger charge is 2.32. The van der Waals surface area contributed by atoms with Gasteiger partial charge in [0.15, 0.2) is 5.76 Å². The molecular formula is C20H19N3O3. The lowest BCUT2D eigenvalue weighted by molar-refractivity contribution is -0.122. The van der Waals surface area contributed by atoms with Crippen molar-refractivity contribution in [2.24, 2.45) is 11.7 Å². The number of aromatic nitrogens is 1. The summed E-state index contributed by atoms with van der Waals surface area (Å²) in [4.78, 5) is 24.2. The Bertz CT molecular complexity index is 965. The molecule has 1 aromatic heterocycles. The van der Waals surface area contributed by atoms with Crippen LogP contribution in [0.4, 0.5) is 0 Å². The number of fused-ring (bicyclic) bond motifs is 1. The Balaban J connectivity index is 1.63. The molecular weight excluding hydrogens is 330 g/mol. The Kier molecular flexibility index (Phi) is 4.16. The lowest BCUT2D eigenvalue weighted by atomic mass is 10.0. The zero-order chi connectivity index (χ0) is 18.1. The van der Waals surface area contributed by atoms with Gasteiger partial charge in [-0.1, -0.05) is 41.9 Å². The van der Waals surface area contributed by atoms with Crippen molar-refractivity contribution in [3.63, 3.8) is 0 Å². The summed E-state index contributed by atoms with van der Waals surface area (Å²) in [5, 5.41) is 7.80. The summed E-state index contributed by atoms with van der Waals surface area (Å²) in [6, 6.07) is 14.7. The first-order valence-electron chi connectivity index (χ1n) is 8.68. The summed E-state index contributed by atoms with van der Waals surface area (Å²) >= 11 is 0. The van der Waals surface area contributed by atoms with Crippen LogP contribution in [0.25, 0.3) is 22.2 Å². The van der Waals surface area contributed by atoms with E-state index >= 15 is 0 Å². The molecule has 3 N–H and O–H groups in total. The summed E-state index contributed by atoms with van der Waals surface area (Å²) < 4.78 is 5.47. The number of nitrogens with two attached hydrogens (primary N) is 1. The number of amides is 2. The molecule has 1 fully saturated rings. The summed E-state index contributed by atoms with van der Waals surface area (Å²) in [6.07, 6.45) is 2.38. The van der Waals surface area contributed by atoms with Gasteiger partial charge in [0, 0.05) is 17.2 Å². The number of benzene rings is 2. The van der Waals surface area contributed by atoms with Gasteiger partial charge in [-0.15, -0.1) is 0 Å². The number of nitrogens with one attached hydrogen (secondary N) is 1. The van der Waals surface area contributed by atoms with Crippen LogP contribution in [0.1, 0.15) is 29.6 Å². The summed E-state index contributed by atoms with van der Waals surface area (Å²) in [5.74, 6) is -0.233. The third-order valence-electron chi connectivity index (χ3n) is 4.97. The van der Waals surface area contributed by atoms with E-state index in [0.29, 0.717) is 16.8 Å². The van der Waals surface area contributed by atoms with Gasteiger partial charge in [-0.2, -0.15) is 0 Å². The molecule has 1 aliphatic carbocycles. The number of primary amides is 1. The van der Waals surface area contributed by atoms with E-state index in [1.807, 2.05) is 30.3 Å². The Morgan fingerprint density at radius 1 is 1.12 bits per heavy atom. The normalized spacial score (nSPS) is 19.5. The third kappa shape index (κ3) is 2.94. The molecule has 0 radical (unpaired) electrons. The van der Waals surface area contributed by atoms with Crippen molar-refractivity contribution in [3.05, 3.63) is 54.1 Å². The van der Waals surface area contributed by atoms with Crippen LogP contribution in [0.5, 0.6) is 0 Å². The van der Waals surface area contributed by atoms with Crippen LogP contribution in [0.3, 0.4) is 0 Å². The highest BCUT2D eigenvalue weighted by molar-refractivity contribution is 6.01. The molecule has 0 unspecified atom stereocenters. The number of hydrogen-bond acceptors (Lipinski definition) is 4. The molecule has 26 heavy (non-hydrogen) atoms. The molecule has 1 heterocycles. The average molecular weight is 349 g/mol. The number of hydrogen-bond donors (Lipinski definition) is 2. The number of carbonyl (C=O) groups excluding carboxylic acids is 2. The minimum atomic E-state index is -0.353. The Labute approximate surface area is 150 Å². The van der Waals surface area contributed by atoms with E-state index in [1.54, 1.807) is 18.2 Å². The molecule has 2 atom stereocenters. The summed E-state index contributed by atoms with van der Waals surface area (Å²) in [6.45, 7) is 0. The predicted molar refractivity (Wildman–Crippen MR) is 97.2 cm³/mol. The Morgan fingerprint density at radius 2 is 1.92 bits per heavy atom. The van der Waals surface area contributed by atoms with Gasteiger partial charge in [-0.25, -0.2) is 0 Å². The van der Waals surface area contributed by atoms with Crippen molar-refractivity contribution < 1.29 is 14.1 Å². The Morgan fingerprint density at radius 3 is 2.69 bits per heavy atom. The first-order valence-corrected chi connectivity index (χ1v) is 8.68. The van der Waals surface area contributed by atoms with Crippen molar-refractivity contribution >= 4 is 22.7 Å². The molecule has 1 saturated carbocycles. The molecule has 132 valence electrons. The second-order valence-corrected chi connectivity index (χ2v) is 6.63. The molecule has 3 aromatic rings. The second kappa shape index (κ2) is 6.63. The molecule has 6 heteroatoms. The van der Waals surface area contributed by atoms with Crippen molar-refractivity contribution in [1.29, 1.82) is 0 Å². The van der Waals surface area contributed by atoms with Gasteiger partial charge < -0.3 is 15.6 Å². The summed E-state index contributed by atoms with van der Waals surface area (Å²) in [5.41, 5.74) is 7.53. The predicted octanol–water partition coefficient (Wildman–Crippen LogP) is 2.88. The minimum absolute atomic E-state index is 0.202. The molecule has 0 saturated heterocycles. The van der Waals surface area contributed by atoms with Crippen molar-refractivity contribution in [1.82, 2.24) is 10.5 Å². The molecule has 2 aromatic carbocycles. The van der Waals surface area contributed by atoms with E-state index in [-0.39, 0.29) is 23.8 Å². The van der Waals surface area contributed by atoms with E-state index < -0.39 is 0 Å². The van der Waals surface area contributed by atoms with E-state index in [9.17, 15) is 9.59 Å². The van der Waals surface area contributed by atoms with Crippen molar-refractivity contribution in [2.75, 3.05) is 0 Å². The lowest BCUT2D eigenvalue weighted by Crippen LogP contribution is -2.42. The van der Waals surface area contributed by atoms with E-state index in [4.69, 9.17) is 10.3 Å². The standard InChI is InChI=1S/C20H19N3O3/c21-19(24)14-7-4-8-16(14)22-20(25)13-9-10-17-15(11-13)18(26-23-17)12-5-2-1-3-6-12/h1-3,5-6,9-11,14,16H,4,7-8H2,(H2,21,24)(H,22,25)/t14-,16+/m1/s1. The molecule has 6 nitrogen and oxygen atoms in total. The highest BCUT2D eigenvalue weighted by atomic mass is 16.5. The van der Waals surface area contributed by atoms with Crippen molar-refractivity contribution in [2.45, 2.75) is 25.3 Å². The molecule has 2 amide bonds. The van der Waals surface area contributed by atoms with Crippen LogP contribution >= 0.6 is 0 Å².